The third-order valence-electron chi connectivity index (χ3n) is 7.46. The Balaban J connectivity index is 0.00000256. The number of rotatable bonds is 0. The minimum atomic E-state index is 0. The van der Waals surface area contributed by atoms with Crippen molar-refractivity contribution in [1.82, 2.24) is 39.9 Å². The number of H-pyrrole nitrogens is 2. The van der Waals surface area contributed by atoms with E-state index in [0.29, 0.717) is 45.9 Å². The molecule has 4 aromatic carbocycles. The summed E-state index contributed by atoms with van der Waals surface area (Å²) >= 11 is 0. The average molecular weight is 627 g/mol. The van der Waals surface area contributed by atoms with Gasteiger partial charge in [-0.05, 0) is 0 Å². The fourth-order valence-corrected chi connectivity index (χ4v) is 5.59. The van der Waals surface area contributed by atoms with Crippen LogP contribution >= 0.6 is 0 Å². The molecule has 2 aliphatic heterocycles. The van der Waals surface area contributed by atoms with Crippen molar-refractivity contribution in [2.24, 2.45) is 0 Å². The molecule has 0 aliphatic carbocycles. The maximum atomic E-state index is 5.02. The molecule has 9 rings (SSSR count). The minimum Gasteiger partial charge on any atom is -0.324 e. The molecule has 0 fully saturated rings. The molecule has 0 radical (unpaired) electrons. The summed E-state index contributed by atoms with van der Waals surface area (Å²) in [5, 5.41) is 3.82. The molecule has 8 bridgehead atoms. The van der Waals surface area contributed by atoms with E-state index in [2.05, 4.69) is 9.97 Å². The van der Waals surface area contributed by atoms with Crippen molar-refractivity contribution < 1.29 is 27.3 Å². The van der Waals surface area contributed by atoms with Gasteiger partial charge in [0.15, 0.2) is 23.3 Å². The van der Waals surface area contributed by atoms with Crippen LogP contribution in [0.25, 0.3) is 89.7 Å². The molecule has 0 saturated carbocycles. The van der Waals surface area contributed by atoms with Gasteiger partial charge >= 0.3 is 27.3 Å². The quantitative estimate of drug-likeness (QED) is 0.178. The zero-order valence-corrected chi connectivity index (χ0v) is 25.7. The summed E-state index contributed by atoms with van der Waals surface area (Å²) in [7, 11) is 0. The van der Waals surface area contributed by atoms with Gasteiger partial charge in [0.05, 0.1) is 0 Å². The molecular weight excluding hydrogens is 609 g/mol. The van der Waals surface area contributed by atoms with Gasteiger partial charge < -0.3 is 9.97 Å². The van der Waals surface area contributed by atoms with E-state index in [4.69, 9.17) is 29.9 Å². The first-order chi connectivity index (χ1) is 19.8. The number of hydrogen-bond donors (Lipinski definition) is 2. The van der Waals surface area contributed by atoms with Gasteiger partial charge in [-0.2, -0.15) is 0 Å². The second kappa shape index (κ2) is 9.10. The zero-order valence-electron chi connectivity index (χ0n) is 21.6. The molecule has 0 unspecified atom stereocenters. The largest absolute Gasteiger partial charge is 2.00 e. The molecular formula is C32H18CdN8+2. The summed E-state index contributed by atoms with van der Waals surface area (Å²) in [6, 6.07) is 32.2. The van der Waals surface area contributed by atoms with Crippen molar-refractivity contribution in [3.05, 3.63) is 97.1 Å². The summed E-state index contributed by atoms with van der Waals surface area (Å²) in [4.78, 5) is 36.8. The van der Waals surface area contributed by atoms with E-state index in [0.717, 1.165) is 43.8 Å². The van der Waals surface area contributed by atoms with Crippen LogP contribution in [-0.4, -0.2) is 39.9 Å². The van der Waals surface area contributed by atoms with Gasteiger partial charge in [-0.25, -0.2) is 29.9 Å². The Morgan fingerprint density at radius 1 is 0.317 bits per heavy atom. The molecule has 9 heteroatoms. The Hall–Kier alpha value is -4.84. The number of benzene rings is 4. The molecule has 8 nitrogen and oxygen atoms in total. The van der Waals surface area contributed by atoms with Crippen molar-refractivity contribution in [1.29, 1.82) is 0 Å². The van der Waals surface area contributed by atoms with Gasteiger partial charge in [0.1, 0.15) is 22.6 Å². The maximum Gasteiger partial charge on any atom is 2.00 e. The Bertz CT molecular complexity index is 2030. The first kappa shape index (κ1) is 24.0. The minimum absolute atomic E-state index is 0. The van der Waals surface area contributed by atoms with E-state index in [1.807, 2.05) is 97.1 Å². The van der Waals surface area contributed by atoms with Crippen LogP contribution in [0.1, 0.15) is 0 Å². The van der Waals surface area contributed by atoms with Crippen LogP contribution in [0.3, 0.4) is 0 Å². The number of fused-ring (bicyclic) bond motifs is 20. The SMILES string of the molecule is [Cd+2].c1ccc2c(c1)-c1nc-2nc2[nH]c(nc3nc(nc4[nH]c(n1)c1ccccc41)-c1ccccc1-3)c1ccccc21. The first-order valence-corrected chi connectivity index (χ1v) is 13.0. The van der Waals surface area contributed by atoms with Crippen LogP contribution in [0, 0.1) is 0 Å². The molecule has 186 valence electrons. The Morgan fingerprint density at radius 3 is 0.829 bits per heavy atom. The topological polar surface area (TPSA) is 109 Å². The fourth-order valence-electron chi connectivity index (χ4n) is 5.59. The monoisotopic (exact) mass is 628 g/mol. The smallest absolute Gasteiger partial charge is 0.324 e. The molecule has 41 heavy (non-hydrogen) atoms. The number of hydrogen-bond acceptors (Lipinski definition) is 6. The van der Waals surface area contributed by atoms with Gasteiger partial charge in [0, 0.05) is 43.8 Å². The van der Waals surface area contributed by atoms with E-state index >= 15 is 0 Å². The molecule has 5 heterocycles. The Kier molecular flexibility index (Phi) is 5.33. The standard InChI is InChI=1S/C32H18N8.Cd/c1-2-10-18-17(9-1)25-33-26(18)38-28-21-13-5-6-14-22(21)30(35-28)40-32-24-16-8-7-15-23(24)31(36-32)39-29-20-12-4-3-11-19(20)27(34-29)37-25;/h1-16H,(H2,33,34,35,36,37,38,39,40);/q;+2. The zero-order chi connectivity index (χ0) is 26.2. The molecule has 0 atom stereocenters. The molecule has 2 N–H and O–H groups in total. The molecule has 0 spiro atoms. The molecule has 3 aromatic heterocycles. The number of nitrogens with zero attached hydrogens (tertiary/aromatic N) is 6. The second-order valence-corrected chi connectivity index (χ2v) is 9.79. The van der Waals surface area contributed by atoms with E-state index in [9.17, 15) is 0 Å². The number of aromatic nitrogens is 8. The van der Waals surface area contributed by atoms with Crippen LogP contribution < -0.4 is 0 Å². The molecule has 2 aliphatic rings. The van der Waals surface area contributed by atoms with Crippen molar-refractivity contribution in [3.63, 3.8) is 0 Å². The summed E-state index contributed by atoms with van der Waals surface area (Å²) in [6.07, 6.45) is 0. The van der Waals surface area contributed by atoms with E-state index in [1.54, 1.807) is 0 Å². The average Bonchev–Trinajstić information content (AvgIpc) is 3.73. The van der Waals surface area contributed by atoms with Crippen molar-refractivity contribution in [2.75, 3.05) is 0 Å². The Labute approximate surface area is 252 Å². The van der Waals surface area contributed by atoms with Gasteiger partial charge in [0.2, 0.25) is 0 Å². The second-order valence-electron chi connectivity index (χ2n) is 9.79. The van der Waals surface area contributed by atoms with Gasteiger partial charge in [-0.1, -0.05) is 97.1 Å². The van der Waals surface area contributed by atoms with E-state index in [1.165, 1.54) is 0 Å². The first-order valence-electron chi connectivity index (χ1n) is 13.0. The van der Waals surface area contributed by atoms with Gasteiger partial charge in [-0.15, -0.1) is 0 Å². The molecule has 0 saturated heterocycles. The van der Waals surface area contributed by atoms with E-state index < -0.39 is 0 Å². The normalized spacial score (nSPS) is 11.7. The molecule has 0 amide bonds. The predicted molar refractivity (Wildman–Crippen MR) is 156 cm³/mol. The Morgan fingerprint density at radius 2 is 0.561 bits per heavy atom. The predicted octanol–water partition coefficient (Wildman–Crippen LogP) is 6.87. The van der Waals surface area contributed by atoms with Crippen LogP contribution in [0.2, 0.25) is 0 Å². The van der Waals surface area contributed by atoms with Gasteiger partial charge in [-0.3, -0.25) is 0 Å². The summed E-state index contributed by atoms with van der Waals surface area (Å²) in [5.41, 5.74) is 6.45. The summed E-state index contributed by atoms with van der Waals surface area (Å²) < 4.78 is 0. The van der Waals surface area contributed by atoms with Crippen LogP contribution in [0.5, 0.6) is 0 Å². The van der Waals surface area contributed by atoms with Crippen molar-refractivity contribution in [3.8, 4) is 45.6 Å². The molecule has 7 aromatic rings. The van der Waals surface area contributed by atoms with E-state index in [-0.39, 0.29) is 27.3 Å². The van der Waals surface area contributed by atoms with Crippen LogP contribution in [0.4, 0.5) is 0 Å². The van der Waals surface area contributed by atoms with Crippen molar-refractivity contribution >= 4 is 44.1 Å². The third kappa shape index (κ3) is 3.63. The van der Waals surface area contributed by atoms with Crippen molar-refractivity contribution in [2.45, 2.75) is 0 Å². The van der Waals surface area contributed by atoms with Crippen LogP contribution in [-0.2, 0) is 27.3 Å². The number of aromatic amines is 2. The third-order valence-corrected chi connectivity index (χ3v) is 7.46. The number of nitrogens with one attached hydrogen (secondary N) is 2. The fraction of sp³-hybridized carbons (Fsp3) is 0. The summed E-state index contributed by atoms with van der Waals surface area (Å²) in [6.45, 7) is 0. The van der Waals surface area contributed by atoms with Gasteiger partial charge in [0.25, 0.3) is 0 Å². The maximum absolute atomic E-state index is 5.02. The van der Waals surface area contributed by atoms with Crippen LogP contribution in [0.15, 0.2) is 97.1 Å². The summed E-state index contributed by atoms with van der Waals surface area (Å²) in [5.74, 6) is 2.39.